The minimum Gasteiger partial charge on any atom is -0.496 e. The lowest BCUT2D eigenvalue weighted by Crippen LogP contribution is -2.36. The van der Waals surface area contributed by atoms with Crippen molar-refractivity contribution in [2.75, 3.05) is 43.6 Å². The Morgan fingerprint density at radius 2 is 1.90 bits per heavy atom. The highest BCUT2D eigenvalue weighted by Gasteiger charge is 2.12. The molecule has 1 fully saturated rings. The van der Waals surface area contributed by atoms with Crippen LogP contribution in [0.4, 0.5) is 11.4 Å². The lowest BCUT2D eigenvalue weighted by molar-refractivity contribution is -0.112. The van der Waals surface area contributed by atoms with Gasteiger partial charge in [-0.1, -0.05) is 30.4 Å². The molecule has 6 nitrogen and oxygen atoms in total. The average molecular weight is 389 g/mol. The van der Waals surface area contributed by atoms with Crippen molar-refractivity contribution in [1.29, 1.82) is 5.26 Å². The molecule has 0 aromatic heterocycles. The van der Waals surface area contributed by atoms with E-state index in [9.17, 15) is 10.1 Å². The summed E-state index contributed by atoms with van der Waals surface area (Å²) in [5.74, 6) is 0.275. The van der Waals surface area contributed by atoms with Gasteiger partial charge in [-0.25, -0.2) is 0 Å². The van der Waals surface area contributed by atoms with Crippen LogP contribution < -0.4 is 15.0 Å². The summed E-state index contributed by atoms with van der Waals surface area (Å²) in [4.78, 5) is 14.6. The molecule has 2 aromatic carbocycles. The molecule has 1 aliphatic rings. The molecule has 29 heavy (non-hydrogen) atoms. The van der Waals surface area contributed by atoms with Crippen LogP contribution in [-0.4, -0.2) is 39.3 Å². The van der Waals surface area contributed by atoms with Crippen molar-refractivity contribution in [3.63, 3.8) is 0 Å². The molecule has 0 radical (unpaired) electrons. The summed E-state index contributed by atoms with van der Waals surface area (Å²) in [6.45, 7) is 3.14. The van der Waals surface area contributed by atoms with Crippen LogP contribution in [-0.2, 0) is 9.53 Å². The number of methoxy groups -OCH3 is 1. The molecule has 1 aliphatic heterocycles. The van der Waals surface area contributed by atoms with Gasteiger partial charge in [-0.2, -0.15) is 5.26 Å². The Labute approximate surface area is 170 Å². The van der Waals surface area contributed by atoms with E-state index in [-0.39, 0.29) is 5.57 Å². The summed E-state index contributed by atoms with van der Waals surface area (Å²) >= 11 is 0. The number of nitriles is 1. The molecular weight excluding hydrogens is 366 g/mol. The first-order valence-corrected chi connectivity index (χ1v) is 9.37. The highest BCUT2D eigenvalue weighted by molar-refractivity contribution is 6.06. The van der Waals surface area contributed by atoms with Gasteiger partial charge in [0.15, 0.2) is 0 Å². The summed E-state index contributed by atoms with van der Waals surface area (Å²) in [5.41, 5.74) is 2.61. The number of allylic oxidation sites excluding steroid dienone is 2. The first kappa shape index (κ1) is 20.2. The molecule has 0 saturated carbocycles. The molecule has 6 heteroatoms. The van der Waals surface area contributed by atoms with Gasteiger partial charge in [0.2, 0.25) is 0 Å². The maximum atomic E-state index is 12.4. The highest BCUT2D eigenvalue weighted by Crippen LogP contribution is 2.20. The number of ether oxygens (including phenoxy) is 2. The quantitative estimate of drug-likeness (QED) is 0.464. The van der Waals surface area contributed by atoms with Crippen molar-refractivity contribution in [2.24, 2.45) is 0 Å². The number of morpholine rings is 1. The normalized spacial score (nSPS) is 14.5. The molecule has 0 aliphatic carbocycles. The summed E-state index contributed by atoms with van der Waals surface area (Å²) < 4.78 is 10.6. The fourth-order valence-electron chi connectivity index (χ4n) is 2.99. The number of hydrogen-bond donors (Lipinski definition) is 1. The Kier molecular flexibility index (Phi) is 7.04. The van der Waals surface area contributed by atoms with Crippen LogP contribution in [0.15, 0.2) is 66.3 Å². The van der Waals surface area contributed by atoms with Crippen molar-refractivity contribution in [3.05, 3.63) is 71.8 Å². The molecule has 2 aromatic rings. The van der Waals surface area contributed by atoms with E-state index in [4.69, 9.17) is 9.47 Å². The highest BCUT2D eigenvalue weighted by atomic mass is 16.5. The number of carbonyl (C=O) groups is 1. The van der Waals surface area contributed by atoms with Crippen LogP contribution >= 0.6 is 0 Å². The van der Waals surface area contributed by atoms with E-state index >= 15 is 0 Å². The standard InChI is InChI=1S/C23H23N3O3/c1-28-22-8-3-2-5-18(22)6-4-7-19(17-24)23(27)25-20-9-11-21(12-10-20)26-13-15-29-16-14-26/h2-12H,13-16H2,1H3,(H,25,27)/b6-4+,19-7+. The van der Waals surface area contributed by atoms with E-state index in [0.29, 0.717) is 5.69 Å². The molecule has 3 rings (SSSR count). The minimum absolute atomic E-state index is 0.0217. The van der Waals surface area contributed by atoms with Gasteiger partial charge in [-0.3, -0.25) is 4.79 Å². The van der Waals surface area contributed by atoms with Crippen LogP contribution in [0.25, 0.3) is 6.08 Å². The zero-order chi connectivity index (χ0) is 20.5. The fraction of sp³-hybridized carbons (Fsp3) is 0.217. The van der Waals surface area contributed by atoms with Gasteiger partial charge in [-0.15, -0.1) is 0 Å². The zero-order valence-electron chi connectivity index (χ0n) is 16.3. The molecule has 0 spiro atoms. The number of amides is 1. The van der Waals surface area contributed by atoms with Crippen LogP contribution in [0, 0.1) is 11.3 Å². The van der Waals surface area contributed by atoms with Gasteiger partial charge in [0.1, 0.15) is 17.4 Å². The van der Waals surface area contributed by atoms with Gasteiger partial charge in [0.05, 0.1) is 20.3 Å². The zero-order valence-corrected chi connectivity index (χ0v) is 16.3. The fourth-order valence-corrected chi connectivity index (χ4v) is 2.99. The van der Waals surface area contributed by atoms with E-state index in [2.05, 4.69) is 10.2 Å². The molecule has 1 saturated heterocycles. The molecule has 0 atom stereocenters. The lowest BCUT2D eigenvalue weighted by atomic mass is 10.1. The number of para-hydroxylation sites is 1. The molecule has 1 heterocycles. The third-order valence-corrected chi connectivity index (χ3v) is 4.54. The first-order chi connectivity index (χ1) is 14.2. The Balaban J connectivity index is 1.64. The number of benzene rings is 2. The van der Waals surface area contributed by atoms with Crippen molar-refractivity contribution in [1.82, 2.24) is 0 Å². The molecular formula is C23H23N3O3. The smallest absolute Gasteiger partial charge is 0.266 e. The van der Waals surface area contributed by atoms with Crippen LogP contribution in [0.3, 0.4) is 0 Å². The number of anilines is 2. The van der Waals surface area contributed by atoms with Gasteiger partial charge in [-0.05, 0) is 36.4 Å². The lowest BCUT2D eigenvalue weighted by Gasteiger charge is -2.28. The topological polar surface area (TPSA) is 74.6 Å². The second-order valence-corrected chi connectivity index (χ2v) is 6.39. The maximum Gasteiger partial charge on any atom is 0.266 e. The van der Waals surface area contributed by atoms with Crippen molar-refractivity contribution < 1.29 is 14.3 Å². The van der Waals surface area contributed by atoms with Gasteiger partial charge in [0.25, 0.3) is 5.91 Å². The minimum atomic E-state index is -0.448. The summed E-state index contributed by atoms with van der Waals surface area (Å²) in [5, 5.41) is 12.1. The molecule has 148 valence electrons. The SMILES string of the molecule is COc1ccccc1/C=C/C=C(\C#N)C(=O)Nc1ccc(N2CCOCC2)cc1. The molecule has 1 N–H and O–H groups in total. The largest absolute Gasteiger partial charge is 0.496 e. The van der Waals surface area contributed by atoms with Crippen molar-refractivity contribution in [2.45, 2.75) is 0 Å². The van der Waals surface area contributed by atoms with Crippen LogP contribution in [0.1, 0.15) is 5.56 Å². The Morgan fingerprint density at radius 1 is 1.17 bits per heavy atom. The van der Waals surface area contributed by atoms with Gasteiger partial charge >= 0.3 is 0 Å². The molecule has 0 bridgehead atoms. The van der Waals surface area contributed by atoms with Crippen LogP contribution in [0.2, 0.25) is 0 Å². The molecule has 0 unspecified atom stereocenters. The monoisotopic (exact) mass is 389 g/mol. The first-order valence-electron chi connectivity index (χ1n) is 9.37. The van der Waals surface area contributed by atoms with Crippen molar-refractivity contribution in [3.8, 4) is 11.8 Å². The third-order valence-electron chi connectivity index (χ3n) is 4.54. The molecule has 1 amide bonds. The second-order valence-electron chi connectivity index (χ2n) is 6.39. The Hall–Kier alpha value is -3.56. The van der Waals surface area contributed by atoms with E-state index in [1.54, 1.807) is 19.3 Å². The number of hydrogen-bond acceptors (Lipinski definition) is 5. The Bertz CT molecular complexity index is 937. The summed E-state index contributed by atoms with van der Waals surface area (Å²) in [6.07, 6.45) is 4.95. The number of nitrogens with one attached hydrogen (secondary N) is 1. The maximum absolute atomic E-state index is 12.4. The predicted molar refractivity (Wildman–Crippen MR) is 114 cm³/mol. The number of nitrogens with zero attached hydrogens (tertiary/aromatic N) is 2. The van der Waals surface area contributed by atoms with Crippen molar-refractivity contribution >= 4 is 23.4 Å². The Morgan fingerprint density at radius 3 is 2.59 bits per heavy atom. The average Bonchev–Trinajstić information content (AvgIpc) is 2.78. The number of carbonyl (C=O) groups excluding carboxylic acids is 1. The summed E-state index contributed by atoms with van der Waals surface area (Å²) in [7, 11) is 1.60. The number of rotatable bonds is 6. The van der Waals surface area contributed by atoms with E-state index in [1.807, 2.05) is 54.6 Å². The van der Waals surface area contributed by atoms with E-state index in [1.165, 1.54) is 6.08 Å². The second kappa shape index (κ2) is 10.1. The third kappa shape index (κ3) is 5.47. The summed E-state index contributed by atoms with van der Waals surface area (Å²) in [6, 6.07) is 17.0. The van der Waals surface area contributed by atoms with Crippen LogP contribution in [0.5, 0.6) is 5.75 Å². The van der Waals surface area contributed by atoms with E-state index in [0.717, 1.165) is 43.3 Å². The van der Waals surface area contributed by atoms with Gasteiger partial charge < -0.3 is 19.7 Å². The van der Waals surface area contributed by atoms with Gasteiger partial charge in [0, 0.05) is 30.0 Å². The predicted octanol–water partition coefficient (Wildman–Crippen LogP) is 3.63. The van der Waals surface area contributed by atoms with E-state index < -0.39 is 5.91 Å².